The number of halogens is 4. The molecule has 2 amide bonds. The van der Waals surface area contributed by atoms with E-state index in [1.54, 1.807) is 27.6 Å². The summed E-state index contributed by atoms with van der Waals surface area (Å²) in [4.78, 5) is 36.1. The fraction of sp³-hybridized carbons (Fsp3) is 0.185. The lowest BCUT2D eigenvalue weighted by Gasteiger charge is -2.22. The number of imidazole rings is 1. The van der Waals surface area contributed by atoms with E-state index in [0.29, 0.717) is 47.7 Å². The zero-order valence-electron chi connectivity index (χ0n) is 20.4. The van der Waals surface area contributed by atoms with Crippen LogP contribution in [-0.2, 0) is 11.0 Å². The van der Waals surface area contributed by atoms with Gasteiger partial charge in [-0.2, -0.15) is 13.2 Å². The molecule has 8 nitrogen and oxygen atoms in total. The van der Waals surface area contributed by atoms with Gasteiger partial charge in [-0.25, -0.2) is 14.4 Å². The summed E-state index contributed by atoms with van der Waals surface area (Å²) in [5.41, 5.74) is 6.26. The number of aromatic nitrogens is 3. The van der Waals surface area contributed by atoms with Crippen molar-refractivity contribution < 1.29 is 27.2 Å². The van der Waals surface area contributed by atoms with E-state index in [4.69, 9.17) is 10.7 Å². The molecule has 2 aromatic carbocycles. The highest BCUT2D eigenvalue weighted by atomic mass is 19.4. The van der Waals surface area contributed by atoms with Crippen molar-refractivity contribution in [2.45, 2.75) is 25.1 Å². The van der Waals surface area contributed by atoms with E-state index >= 15 is 0 Å². The summed E-state index contributed by atoms with van der Waals surface area (Å²) in [6.07, 6.45) is 1.11. The maximum atomic E-state index is 14.0. The Kier molecular flexibility index (Phi) is 6.54. The summed E-state index contributed by atoms with van der Waals surface area (Å²) in [6.45, 7) is 4.14. The van der Waals surface area contributed by atoms with Gasteiger partial charge in [0.25, 0.3) is 5.91 Å². The second-order valence-electron chi connectivity index (χ2n) is 8.97. The summed E-state index contributed by atoms with van der Waals surface area (Å²) in [6, 6.07) is 8.21. The maximum absolute atomic E-state index is 14.0. The van der Waals surface area contributed by atoms with Crippen LogP contribution in [0, 0.1) is 5.82 Å². The van der Waals surface area contributed by atoms with Crippen molar-refractivity contribution in [1.82, 2.24) is 19.3 Å². The Morgan fingerprint density at radius 2 is 1.97 bits per heavy atom. The largest absolute Gasteiger partial charge is 0.419 e. The first kappa shape index (κ1) is 25.9. The second-order valence-corrected chi connectivity index (χ2v) is 8.97. The first-order valence-corrected chi connectivity index (χ1v) is 11.9. The Hall–Kier alpha value is -4.74. The standard InChI is InChI=1S/C27H22F4N6O2/c1-2-21(38)36-11-4-7-20(36)25-35-22(23-24(32)33-10-12-37(23)25)15-5-3-6-16(13-15)26(39)34-17-8-9-18(19(28)14-17)27(29,30)31/h2-3,5-6,8-10,12-14,20H,1,4,7,11H2,(H2,32,33)(H,34,39)/t20-/m0/s1. The topological polar surface area (TPSA) is 106 Å². The van der Waals surface area contributed by atoms with Crippen LogP contribution in [0.4, 0.5) is 29.1 Å². The second kappa shape index (κ2) is 9.86. The van der Waals surface area contributed by atoms with Gasteiger partial charge in [-0.05, 0) is 49.2 Å². The van der Waals surface area contributed by atoms with Crippen molar-refractivity contribution >= 4 is 28.8 Å². The lowest BCUT2D eigenvalue weighted by molar-refractivity contribution is -0.140. The molecule has 200 valence electrons. The molecule has 39 heavy (non-hydrogen) atoms. The number of fused-ring (bicyclic) bond motifs is 1. The molecular weight excluding hydrogens is 516 g/mol. The van der Waals surface area contributed by atoms with E-state index in [9.17, 15) is 27.2 Å². The molecule has 12 heteroatoms. The quantitative estimate of drug-likeness (QED) is 0.267. The Morgan fingerprint density at radius 3 is 2.69 bits per heavy atom. The van der Waals surface area contributed by atoms with Gasteiger partial charge in [0.1, 0.15) is 28.7 Å². The van der Waals surface area contributed by atoms with Gasteiger partial charge in [0.15, 0.2) is 0 Å². The fourth-order valence-corrected chi connectivity index (χ4v) is 4.77. The first-order chi connectivity index (χ1) is 18.6. The Morgan fingerprint density at radius 1 is 1.18 bits per heavy atom. The summed E-state index contributed by atoms with van der Waals surface area (Å²) in [5, 5.41) is 2.42. The molecular formula is C27H22F4N6O2. The van der Waals surface area contributed by atoms with Crippen LogP contribution in [0.5, 0.6) is 0 Å². The molecule has 1 saturated heterocycles. The smallest absolute Gasteiger partial charge is 0.382 e. The summed E-state index contributed by atoms with van der Waals surface area (Å²) in [5.74, 6) is -1.59. The predicted octanol–water partition coefficient (Wildman–Crippen LogP) is 5.24. The van der Waals surface area contributed by atoms with Gasteiger partial charge in [0.05, 0.1) is 11.6 Å². The molecule has 3 N–H and O–H groups in total. The molecule has 0 aliphatic carbocycles. The van der Waals surface area contributed by atoms with E-state index in [1.165, 1.54) is 24.4 Å². The zero-order valence-corrected chi connectivity index (χ0v) is 20.4. The SMILES string of the molecule is C=CC(=O)N1CCC[C@H]1c1nc(-c2cccc(C(=O)Nc3ccc(C(F)(F)F)c(F)c3)c2)c2c(N)nccn12. The Labute approximate surface area is 219 Å². The molecule has 1 aliphatic rings. The van der Waals surface area contributed by atoms with Crippen LogP contribution in [-0.4, -0.2) is 37.6 Å². The maximum Gasteiger partial charge on any atom is 0.419 e. The number of nitrogens with zero attached hydrogens (tertiary/aromatic N) is 4. The highest BCUT2D eigenvalue weighted by Gasteiger charge is 2.34. The number of nitrogen functional groups attached to an aromatic ring is 1. The third kappa shape index (κ3) is 4.80. The van der Waals surface area contributed by atoms with Crippen molar-refractivity contribution in [3.05, 3.63) is 90.3 Å². The molecule has 0 saturated carbocycles. The van der Waals surface area contributed by atoms with Gasteiger partial charge >= 0.3 is 6.18 Å². The van der Waals surface area contributed by atoms with E-state index in [0.717, 1.165) is 12.5 Å². The summed E-state index contributed by atoms with van der Waals surface area (Å²) >= 11 is 0. The van der Waals surface area contributed by atoms with Crippen LogP contribution in [0.15, 0.2) is 67.5 Å². The van der Waals surface area contributed by atoms with E-state index in [-0.39, 0.29) is 29.0 Å². The molecule has 3 heterocycles. The highest BCUT2D eigenvalue weighted by Crippen LogP contribution is 2.37. The molecule has 0 spiro atoms. The Balaban J connectivity index is 1.50. The molecule has 0 unspecified atom stereocenters. The van der Waals surface area contributed by atoms with E-state index in [1.807, 2.05) is 0 Å². The molecule has 2 aromatic heterocycles. The van der Waals surface area contributed by atoms with Crippen LogP contribution in [0.2, 0.25) is 0 Å². The van der Waals surface area contributed by atoms with Gasteiger partial charge in [-0.15, -0.1) is 0 Å². The number of amides is 2. The number of hydrogen-bond acceptors (Lipinski definition) is 5. The normalized spacial score (nSPS) is 15.5. The van der Waals surface area contributed by atoms with Gasteiger partial charge in [-0.1, -0.05) is 18.7 Å². The molecule has 0 radical (unpaired) electrons. The van der Waals surface area contributed by atoms with Gasteiger partial charge in [-0.3, -0.25) is 14.0 Å². The van der Waals surface area contributed by atoms with Crippen LogP contribution in [0.3, 0.4) is 0 Å². The summed E-state index contributed by atoms with van der Waals surface area (Å²) in [7, 11) is 0. The molecule has 1 atom stereocenters. The first-order valence-electron chi connectivity index (χ1n) is 11.9. The Bertz CT molecular complexity index is 1610. The van der Waals surface area contributed by atoms with Crippen LogP contribution in [0.1, 0.15) is 40.6 Å². The van der Waals surface area contributed by atoms with E-state index < -0.39 is 23.5 Å². The number of hydrogen-bond donors (Lipinski definition) is 2. The number of alkyl halides is 3. The molecule has 4 aromatic rings. The number of carbonyl (C=O) groups is 2. The lowest BCUT2D eigenvalue weighted by atomic mass is 10.1. The number of nitrogens with one attached hydrogen (secondary N) is 1. The number of rotatable bonds is 5. The third-order valence-electron chi connectivity index (χ3n) is 6.55. The average Bonchev–Trinajstić information content (AvgIpc) is 3.53. The van der Waals surface area contributed by atoms with Crippen LogP contribution >= 0.6 is 0 Å². The van der Waals surface area contributed by atoms with Crippen LogP contribution < -0.4 is 11.1 Å². The molecule has 5 rings (SSSR count). The summed E-state index contributed by atoms with van der Waals surface area (Å²) < 4.78 is 54.3. The molecule has 1 aliphatic heterocycles. The van der Waals surface area contributed by atoms with Gasteiger partial charge in [0, 0.05) is 35.8 Å². The van der Waals surface area contributed by atoms with Crippen molar-refractivity contribution in [3.63, 3.8) is 0 Å². The third-order valence-corrected chi connectivity index (χ3v) is 6.55. The van der Waals surface area contributed by atoms with E-state index in [2.05, 4.69) is 16.9 Å². The lowest BCUT2D eigenvalue weighted by Crippen LogP contribution is -2.29. The van der Waals surface area contributed by atoms with Crippen molar-refractivity contribution in [2.75, 3.05) is 17.6 Å². The average molecular weight is 539 g/mol. The predicted molar refractivity (Wildman–Crippen MR) is 136 cm³/mol. The number of anilines is 2. The molecule has 0 bridgehead atoms. The monoisotopic (exact) mass is 538 g/mol. The van der Waals surface area contributed by atoms with Crippen molar-refractivity contribution in [3.8, 4) is 11.3 Å². The number of carbonyl (C=O) groups excluding carboxylic acids is 2. The highest BCUT2D eigenvalue weighted by molar-refractivity contribution is 6.05. The molecule has 1 fully saturated rings. The minimum atomic E-state index is -4.85. The van der Waals surface area contributed by atoms with Gasteiger partial charge in [0.2, 0.25) is 5.91 Å². The minimum absolute atomic E-state index is 0.132. The van der Waals surface area contributed by atoms with Crippen molar-refractivity contribution in [2.24, 2.45) is 0 Å². The number of likely N-dealkylation sites (tertiary alicyclic amines) is 1. The minimum Gasteiger partial charge on any atom is -0.382 e. The van der Waals surface area contributed by atoms with Gasteiger partial charge < -0.3 is 16.0 Å². The van der Waals surface area contributed by atoms with Crippen LogP contribution in [0.25, 0.3) is 16.8 Å². The zero-order chi connectivity index (χ0) is 27.9. The number of nitrogens with two attached hydrogens (primary N) is 1. The number of benzene rings is 2. The fourth-order valence-electron chi connectivity index (χ4n) is 4.77. The van der Waals surface area contributed by atoms with Crippen molar-refractivity contribution in [1.29, 1.82) is 0 Å².